The number of carbonyl (C=O) groups excluding carboxylic acids is 1. The first kappa shape index (κ1) is 11.6. The van der Waals surface area contributed by atoms with Crippen molar-refractivity contribution < 1.29 is 9.18 Å². The molecule has 86 valence electrons. The standard InChI is InChI=1S/C12H13ClFNO/c1-7(16)10-5-15-6-11(10)9-3-2-8(13)4-12(9)14/h2-4,10-11,15H,5-6H2,1H3/t10-,11-/m0/s1. The van der Waals surface area contributed by atoms with Crippen molar-refractivity contribution in [2.24, 2.45) is 5.92 Å². The Hall–Kier alpha value is -0.930. The summed E-state index contributed by atoms with van der Waals surface area (Å²) < 4.78 is 13.7. The van der Waals surface area contributed by atoms with Gasteiger partial charge in [-0.1, -0.05) is 17.7 Å². The number of benzene rings is 1. The lowest BCUT2D eigenvalue weighted by molar-refractivity contribution is -0.120. The topological polar surface area (TPSA) is 29.1 Å². The molecular weight excluding hydrogens is 229 g/mol. The lowest BCUT2D eigenvalue weighted by atomic mass is 9.86. The monoisotopic (exact) mass is 241 g/mol. The van der Waals surface area contributed by atoms with Gasteiger partial charge >= 0.3 is 0 Å². The van der Waals surface area contributed by atoms with Gasteiger partial charge < -0.3 is 5.32 Å². The van der Waals surface area contributed by atoms with Crippen molar-refractivity contribution in [3.8, 4) is 0 Å². The quantitative estimate of drug-likeness (QED) is 0.861. The molecule has 0 aliphatic carbocycles. The zero-order valence-electron chi connectivity index (χ0n) is 8.97. The zero-order valence-corrected chi connectivity index (χ0v) is 9.72. The maximum absolute atomic E-state index is 13.7. The summed E-state index contributed by atoms with van der Waals surface area (Å²) in [5, 5.41) is 3.50. The van der Waals surface area contributed by atoms with Gasteiger partial charge in [-0.2, -0.15) is 0 Å². The second kappa shape index (κ2) is 4.52. The summed E-state index contributed by atoms with van der Waals surface area (Å²) in [6.45, 7) is 2.82. The van der Waals surface area contributed by atoms with Gasteiger partial charge in [-0.25, -0.2) is 4.39 Å². The summed E-state index contributed by atoms with van der Waals surface area (Å²) >= 11 is 5.70. The van der Waals surface area contributed by atoms with Crippen molar-refractivity contribution in [2.75, 3.05) is 13.1 Å². The Labute approximate surface area is 98.8 Å². The van der Waals surface area contributed by atoms with Gasteiger partial charge in [0.25, 0.3) is 0 Å². The van der Waals surface area contributed by atoms with Crippen LogP contribution in [0.4, 0.5) is 4.39 Å². The molecule has 0 radical (unpaired) electrons. The minimum absolute atomic E-state index is 0.0743. The smallest absolute Gasteiger partial charge is 0.134 e. The van der Waals surface area contributed by atoms with Gasteiger partial charge in [0.15, 0.2) is 0 Å². The predicted molar refractivity (Wildman–Crippen MR) is 61.2 cm³/mol. The third-order valence-electron chi connectivity index (χ3n) is 3.10. The van der Waals surface area contributed by atoms with Crippen LogP contribution in [0.5, 0.6) is 0 Å². The summed E-state index contributed by atoms with van der Waals surface area (Å²) in [6.07, 6.45) is 0. The maximum atomic E-state index is 13.7. The number of carbonyl (C=O) groups is 1. The molecule has 0 unspecified atom stereocenters. The summed E-state index contributed by atoms with van der Waals surface area (Å²) in [6, 6.07) is 4.63. The van der Waals surface area contributed by atoms with E-state index in [1.165, 1.54) is 6.07 Å². The number of hydrogen-bond donors (Lipinski definition) is 1. The van der Waals surface area contributed by atoms with E-state index in [-0.39, 0.29) is 23.4 Å². The summed E-state index contributed by atoms with van der Waals surface area (Å²) in [4.78, 5) is 11.4. The van der Waals surface area contributed by atoms with E-state index in [4.69, 9.17) is 11.6 Å². The highest BCUT2D eigenvalue weighted by molar-refractivity contribution is 6.30. The molecule has 1 saturated heterocycles. The molecule has 16 heavy (non-hydrogen) atoms. The van der Waals surface area contributed by atoms with Crippen LogP contribution in [-0.2, 0) is 4.79 Å². The SMILES string of the molecule is CC(=O)[C@@H]1CNC[C@H]1c1ccc(Cl)cc1F. The summed E-state index contributed by atoms with van der Waals surface area (Å²) in [7, 11) is 0. The minimum atomic E-state index is -0.326. The molecule has 4 heteroatoms. The largest absolute Gasteiger partial charge is 0.315 e. The minimum Gasteiger partial charge on any atom is -0.315 e. The molecule has 1 aromatic rings. The third kappa shape index (κ3) is 2.11. The lowest BCUT2D eigenvalue weighted by Crippen LogP contribution is -2.19. The van der Waals surface area contributed by atoms with Crippen LogP contribution in [0.15, 0.2) is 18.2 Å². The second-order valence-corrected chi connectivity index (χ2v) is 4.58. The van der Waals surface area contributed by atoms with E-state index in [1.54, 1.807) is 19.1 Å². The normalized spacial score (nSPS) is 24.7. The molecule has 1 aromatic carbocycles. The van der Waals surface area contributed by atoms with Crippen LogP contribution < -0.4 is 5.32 Å². The zero-order chi connectivity index (χ0) is 11.7. The summed E-state index contributed by atoms with van der Waals surface area (Å²) in [5.74, 6) is -0.428. The molecule has 0 bridgehead atoms. The Morgan fingerprint density at radius 3 is 2.88 bits per heavy atom. The molecule has 0 saturated carbocycles. The predicted octanol–water partition coefficient (Wildman–Crippen LogP) is 2.37. The average molecular weight is 242 g/mol. The number of rotatable bonds is 2. The van der Waals surface area contributed by atoms with Gasteiger partial charge in [0.05, 0.1) is 0 Å². The van der Waals surface area contributed by atoms with Crippen LogP contribution in [0.1, 0.15) is 18.4 Å². The molecule has 1 N–H and O–H groups in total. The maximum Gasteiger partial charge on any atom is 0.134 e. The Bertz CT molecular complexity index is 421. The lowest BCUT2D eigenvalue weighted by Gasteiger charge is -2.16. The van der Waals surface area contributed by atoms with Crippen LogP contribution >= 0.6 is 11.6 Å². The first-order chi connectivity index (χ1) is 7.59. The van der Waals surface area contributed by atoms with Gasteiger partial charge in [-0.05, 0) is 24.6 Å². The molecule has 1 aliphatic rings. The number of halogens is 2. The average Bonchev–Trinajstić information content (AvgIpc) is 2.66. The highest BCUT2D eigenvalue weighted by Gasteiger charge is 2.33. The van der Waals surface area contributed by atoms with Gasteiger partial charge in [0, 0.05) is 29.9 Å². The highest BCUT2D eigenvalue weighted by atomic mass is 35.5. The second-order valence-electron chi connectivity index (χ2n) is 4.15. The van der Waals surface area contributed by atoms with Crippen molar-refractivity contribution in [3.05, 3.63) is 34.6 Å². The Morgan fingerprint density at radius 1 is 1.50 bits per heavy atom. The fourth-order valence-corrected chi connectivity index (χ4v) is 2.39. The molecule has 1 fully saturated rings. The van der Waals surface area contributed by atoms with E-state index in [1.807, 2.05) is 0 Å². The number of nitrogens with one attached hydrogen (secondary N) is 1. The molecule has 1 aliphatic heterocycles. The fourth-order valence-electron chi connectivity index (χ4n) is 2.23. The van der Waals surface area contributed by atoms with E-state index in [0.717, 1.165) is 0 Å². The Kier molecular flexibility index (Phi) is 3.26. The van der Waals surface area contributed by atoms with Crippen molar-refractivity contribution in [1.29, 1.82) is 0 Å². The van der Waals surface area contributed by atoms with Gasteiger partial charge in [-0.3, -0.25) is 4.79 Å². The van der Waals surface area contributed by atoms with Crippen LogP contribution in [0.2, 0.25) is 5.02 Å². The van der Waals surface area contributed by atoms with E-state index in [2.05, 4.69) is 5.32 Å². The highest BCUT2D eigenvalue weighted by Crippen LogP contribution is 2.31. The van der Waals surface area contributed by atoms with Crippen molar-refractivity contribution in [1.82, 2.24) is 5.32 Å². The van der Waals surface area contributed by atoms with Crippen LogP contribution in [0.3, 0.4) is 0 Å². The molecule has 0 amide bonds. The first-order valence-corrected chi connectivity index (χ1v) is 5.63. The number of ketones is 1. The molecule has 1 heterocycles. The van der Waals surface area contributed by atoms with Crippen molar-refractivity contribution in [2.45, 2.75) is 12.8 Å². The Morgan fingerprint density at radius 2 is 2.25 bits per heavy atom. The van der Waals surface area contributed by atoms with Gasteiger partial charge in [0.1, 0.15) is 11.6 Å². The third-order valence-corrected chi connectivity index (χ3v) is 3.33. The molecule has 2 nitrogen and oxygen atoms in total. The van der Waals surface area contributed by atoms with Crippen LogP contribution in [0, 0.1) is 11.7 Å². The molecule has 2 atom stereocenters. The molecule has 0 spiro atoms. The molecule has 0 aromatic heterocycles. The summed E-state index contributed by atoms with van der Waals surface area (Å²) in [5.41, 5.74) is 0.578. The number of hydrogen-bond acceptors (Lipinski definition) is 2. The molecule has 2 rings (SSSR count). The van der Waals surface area contributed by atoms with E-state index < -0.39 is 0 Å². The first-order valence-electron chi connectivity index (χ1n) is 5.25. The van der Waals surface area contributed by atoms with E-state index in [9.17, 15) is 9.18 Å². The van der Waals surface area contributed by atoms with E-state index in [0.29, 0.717) is 23.7 Å². The van der Waals surface area contributed by atoms with E-state index >= 15 is 0 Å². The molecular formula is C12H13ClFNO. The number of Topliss-reactive ketones (excluding diaryl/α,β-unsaturated/α-hetero) is 1. The van der Waals surface area contributed by atoms with Gasteiger partial charge in [-0.15, -0.1) is 0 Å². The fraction of sp³-hybridized carbons (Fsp3) is 0.417. The van der Waals surface area contributed by atoms with Gasteiger partial charge in [0.2, 0.25) is 0 Å². The van der Waals surface area contributed by atoms with Crippen molar-refractivity contribution in [3.63, 3.8) is 0 Å². The van der Waals surface area contributed by atoms with Crippen LogP contribution in [-0.4, -0.2) is 18.9 Å². The Balaban J connectivity index is 2.32. The van der Waals surface area contributed by atoms with Crippen LogP contribution in [0.25, 0.3) is 0 Å². The van der Waals surface area contributed by atoms with Crippen molar-refractivity contribution >= 4 is 17.4 Å².